The zero-order valence-electron chi connectivity index (χ0n) is 22.2. The van der Waals surface area contributed by atoms with Crippen molar-refractivity contribution in [3.05, 3.63) is 18.3 Å². The molecule has 4 heterocycles. The molecule has 208 valence electrons. The van der Waals surface area contributed by atoms with Gasteiger partial charge in [-0.25, -0.2) is 18.2 Å². The fourth-order valence-electron chi connectivity index (χ4n) is 8.91. The summed E-state index contributed by atoms with van der Waals surface area (Å²) in [5.41, 5.74) is 0.588. The minimum absolute atomic E-state index is 0.0899. The van der Waals surface area contributed by atoms with Gasteiger partial charge >= 0.3 is 6.03 Å². The van der Waals surface area contributed by atoms with Crippen molar-refractivity contribution in [1.29, 1.82) is 0 Å². The van der Waals surface area contributed by atoms with Crippen LogP contribution in [0.3, 0.4) is 0 Å². The molecule has 1 aromatic heterocycles. The molecule has 0 aromatic carbocycles. The maximum Gasteiger partial charge on any atom is 0.318 e. The number of aromatic nitrogens is 1. The molecular formula is C27H40N6O4S. The van der Waals surface area contributed by atoms with Crippen molar-refractivity contribution >= 4 is 27.6 Å². The number of rotatable bonds is 4. The number of carbonyl (C=O) groups is 1. The highest BCUT2D eigenvalue weighted by atomic mass is 32.2. The Kier molecular flexibility index (Phi) is 5.87. The van der Waals surface area contributed by atoms with Gasteiger partial charge in [0.15, 0.2) is 0 Å². The summed E-state index contributed by atoms with van der Waals surface area (Å²) in [7, 11) is -3.15. The van der Waals surface area contributed by atoms with Crippen molar-refractivity contribution in [3.8, 4) is 0 Å². The molecule has 3 aliphatic heterocycles. The summed E-state index contributed by atoms with van der Waals surface area (Å²) in [4.78, 5) is 24.9. The van der Waals surface area contributed by atoms with Gasteiger partial charge < -0.3 is 25.1 Å². The first-order chi connectivity index (χ1) is 18.1. The predicted octanol–water partition coefficient (Wildman–Crippen LogP) is 1.47. The molecule has 7 aliphatic rings. The Morgan fingerprint density at radius 2 is 1.68 bits per heavy atom. The van der Waals surface area contributed by atoms with Crippen molar-refractivity contribution in [1.82, 2.24) is 19.5 Å². The van der Waals surface area contributed by atoms with Crippen LogP contribution in [-0.4, -0.2) is 103 Å². The molecule has 11 heteroatoms. The summed E-state index contributed by atoms with van der Waals surface area (Å²) in [5, 5.41) is 14.4. The second-order valence-electron chi connectivity index (χ2n) is 12.9. The van der Waals surface area contributed by atoms with Gasteiger partial charge in [0.1, 0.15) is 5.82 Å². The lowest BCUT2D eigenvalue weighted by Crippen LogP contribution is -2.65. The first-order valence-corrected chi connectivity index (χ1v) is 16.2. The van der Waals surface area contributed by atoms with Crippen LogP contribution in [-0.2, 0) is 10.0 Å². The normalized spacial score (nSPS) is 38.6. The Bertz CT molecular complexity index is 1170. The fraction of sp³-hybridized carbons (Fsp3) is 0.778. The molecule has 4 aliphatic carbocycles. The Labute approximate surface area is 225 Å². The predicted molar refractivity (Wildman–Crippen MR) is 145 cm³/mol. The zero-order chi connectivity index (χ0) is 26.2. The lowest BCUT2D eigenvalue weighted by Gasteiger charge is -2.58. The number of nitrogens with zero attached hydrogens (tertiary/aromatic N) is 5. The van der Waals surface area contributed by atoms with Crippen molar-refractivity contribution in [2.45, 2.75) is 68.7 Å². The van der Waals surface area contributed by atoms with Gasteiger partial charge in [0, 0.05) is 63.3 Å². The molecule has 4 saturated carbocycles. The second kappa shape index (κ2) is 8.96. The van der Waals surface area contributed by atoms with E-state index < -0.39 is 15.6 Å². The molecule has 5 unspecified atom stereocenters. The first kappa shape index (κ1) is 24.9. The average molecular weight is 545 g/mol. The maximum absolute atomic E-state index is 13.6. The number of amides is 2. The Balaban J connectivity index is 0.998. The van der Waals surface area contributed by atoms with Crippen molar-refractivity contribution in [2.75, 3.05) is 55.3 Å². The molecular weight excluding hydrogens is 504 g/mol. The smallest absolute Gasteiger partial charge is 0.318 e. The van der Waals surface area contributed by atoms with Gasteiger partial charge in [-0.2, -0.15) is 4.31 Å². The van der Waals surface area contributed by atoms with Gasteiger partial charge in [0.25, 0.3) is 0 Å². The average Bonchev–Trinajstić information content (AvgIpc) is 3.14. The van der Waals surface area contributed by atoms with E-state index >= 15 is 0 Å². The van der Waals surface area contributed by atoms with Crippen LogP contribution in [0.1, 0.15) is 44.9 Å². The minimum atomic E-state index is -3.15. The number of hydrogen-bond donors (Lipinski definition) is 2. The number of carbonyl (C=O) groups excluding carboxylic acids is 1. The van der Waals surface area contributed by atoms with Gasteiger partial charge in [-0.15, -0.1) is 0 Å². The summed E-state index contributed by atoms with van der Waals surface area (Å²) in [6, 6.07) is 4.77. The quantitative estimate of drug-likeness (QED) is 0.591. The lowest BCUT2D eigenvalue weighted by molar-refractivity contribution is -0.137. The molecule has 38 heavy (non-hydrogen) atoms. The summed E-state index contributed by atoms with van der Waals surface area (Å²) in [5.74, 6) is 2.40. The number of anilines is 2. The van der Waals surface area contributed by atoms with Crippen LogP contribution in [0, 0.1) is 17.8 Å². The standard InChI is InChI=1S/C27H40N6O4S/c1-38(36,37)32-8-6-30(7-9-32)21-4-5-28-24(12-21)31-16-22-2-3-23(17-31)33(22)26(34)29-25-19-10-18-11-20(25)15-27(35,13-18)14-19/h4-5,12,18-20,22-23,25,35H,2-3,6-11,13-17H2,1H3,(H,29,34)/t18?,19-,20+,22?,23?,25?,27?. The minimum Gasteiger partial charge on any atom is -0.390 e. The molecule has 2 N–H and O–H groups in total. The second-order valence-corrected chi connectivity index (χ2v) is 14.9. The van der Waals surface area contributed by atoms with Gasteiger partial charge in [0.05, 0.1) is 23.9 Å². The zero-order valence-corrected chi connectivity index (χ0v) is 23.0. The van der Waals surface area contributed by atoms with E-state index in [1.165, 1.54) is 6.26 Å². The molecule has 0 spiro atoms. The number of aliphatic hydroxyl groups is 1. The highest BCUT2D eigenvalue weighted by Gasteiger charge is 2.55. The molecule has 8 rings (SSSR count). The van der Waals surface area contributed by atoms with Crippen LogP contribution in [0.4, 0.5) is 16.3 Å². The van der Waals surface area contributed by atoms with Crippen LogP contribution in [0.5, 0.6) is 0 Å². The van der Waals surface area contributed by atoms with E-state index in [2.05, 4.69) is 31.1 Å². The van der Waals surface area contributed by atoms with E-state index in [1.807, 2.05) is 12.3 Å². The van der Waals surface area contributed by atoms with E-state index in [0.29, 0.717) is 43.9 Å². The number of nitrogens with one attached hydrogen (secondary N) is 1. The number of fused-ring (bicyclic) bond motifs is 2. The number of sulfonamides is 1. The van der Waals surface area contributed by atoms with E-state index in [1.54, 1.807) is 4.31 Å². The Morgan fingerprint density at radius 1 is 1.03 bits per heavy atom. The van der Waals surface area contributed by atoms with E-state index in [0.717, 1.165) is 69.5 Å². The molecule has 7 atom stereocenters. The largest absolute Gasteiger partial charge is 0.390 e. The van der Waals surface area contributed by atoms with Crippen LogP contribution in [0.25, 0.3) is 0 Å². The van der Waals surface area contributed by atoms with E-state index in [4.69, 9.17) is 0 Å². The SMILES string of the molecule is CS(=O)(=O)N1CCN(c2ccnc(N3CC4CCC(C3)N4C(=O)NC3[C@@H]4CC5C[C@H]3CC(O)(C5)C4)c2)CC1. The molecule has 1 aromatic rings. The van der Waals surface area contributed by atoms with Gasteiger partial charge in [-0.05, 0) is 68.8 Å². The van der Waals surface area contributed by atoms with Crippen molar-refractivity contribution < 1.29 is 18.3 Å². The molecule has 10 nitrogen and oxygen atoms in total. The number of piperazine rings is 2. The topological polar surface area (TPSA) is 109 Å². The molecule has 2 amide bonds. The van der Waals surface area contributed by atoms with Gasteiger partial charge in [-0.1, -0.05) is 0 Å². The van der Waals surface area contributed by atoms with Crippen molar-refractivity contribution in [2.24, 2.45) is 17.8 Å². The van der Waals surface area contributed by atoms with Crippen LogP contribution < -0.4 is 15.1 Å². The highest BCUT2D eigenvalue weighted by molar-refractivity contribution is 7.88. The summed E-state index contributed by atoms with van der Waals surface area (Å²) in [6.45, 7) is 3.88. The third-order valence-corrected chi connectivity index (χ3v) is 11.7. The van der Waals surface area contributed by atoms with Gasteiger partial charge in [-0.3, -0.25) is 0 Å². The van der Waals surface area contributed by atoms with E-state index in [9.17, 15) is 18.3 Å². The maximum atomic E-state index is 13.6. The third-order valence-electron chi connectivity index (χ3n) is 10.4. The van der Waals surface area contributed by atoms with Crippen LogP contribution in [0.2, 0.25) is 0 Å². The van der Waals surface area contributed by atoms with Crippen LogP contribution >= 0.6 is 0 Å². The van der Waals surface area contributed by atoms with Gasteiger partial charge in [0.2, 0.25) is 10.0 Å². The Morgan fingerprint density at radius 3 is 2.29 bits per heavy atom. The monoisotopic (exact) mass is 544 g/mol. The number of urea groups is 1. The fourth-order valence-corrected chi connectivity index (χ4v) is 9.74. The van der Waals surface area contributed by atoms with E-state index in [-0.39, 0.29) is 24.2 Å². The Hall–Kier alpha value is -2.11. The molecule has 0 radical (unpaired) electrons. The summed E-state index contributed by atoms with van der Waals surface area (Å²) >= 11 is 0. The van der Waals surface area contributed by atoms with Crippen LogP contribution in [0.15, 0.2) is 18.3 Å². The lowest BCUT2D eigenvalue weighted by atomic mass is 9.52. The highest BCUT2D eigenvalue weighted by Crippen LogP contribution is 2.55. The van der Waals surface area contributed by atoms with Crippen molar-refractivity contribution in [3.63, 3.8) is 0 Å². The summed E-state index contributed by atoms with van der Waals surface area (Å²) in [6.07, 6.45) is 10.1. The molecule has 6 bridgehead atoms. The summed E-state index contributed by atoms with van der Waals surface area (Å²) < 4.78 is 25.3. The number of hydrogen-bond acceptors (Lipinski definition) is 7. The molecule has 3 saturated heterocycles. The molecule has 7 fully saturated rings. The first-order valence-electron chi connectivity index (χ1n) is 14.4. The number of pyridine rings is 1. The third kappa shape index (κ3) is 4.34.